The molecule has 1 atom stereocenters. The second-order valence-electron chi connectivity index (χ2n) is 8.20. The van der Waals surface area contributed by atoms with E-state index in [0.717, 1.165) is 18.6 Å². The standard InChI is InChI=1S/C22H31NO2/c1-18(16-22(2,3)4)15-21(24)23(17-20-11-8-14-25-20)13-12-19-9-6-5-7-10-19/h5-11,14,18H,12-13,15-17H2,1-4H3. The van der Waals surface area contributed by atoms with Crippen molar-refractivity contribution in [3.8, 4) is 0 Å². The topological polar surface area (TPSA) is 33.5 Å². The van der Waals surface area contributed by atoms with E-state index >= 15 is 0 Å². The van der Waals surface area contributed by atoms with Crippen molar-refractivity contribution in [2.45, 2.75) is 53.5 Å². The summed E-state index contributed by atoms with van der Waals surface area (Å²) in [5.41, 5.74) is 1.50. The fourth-order valence-electron chi connectivity index (χ4n) is 3.34. The molecule has 0 saturated heterocycles. The third-order valence-corrected chi connectivity index (χ3v) is 4.28. The average Bonchev–Trinajstić information content (AvgIpc) is 3.03. The Hall–Kier alpha value is -2.03. The summed E-state index contributed by atoms with van der Waals surface area (Å²) in [6.45, 7) is 10.1. The molecule has 0 bridgehead atoms. The molecule has 1 aromatic carbocycles. The molecule has 0 fully saturated rings. The van der Waals surface area contributed by atoms with Crippen LogP contribution in [0, 0.1) is 11.3 Å². The zero-order valence-corrected chi connectivity index (χ0v) is 16.0. The van der Waals surface area contributed by atoms with Gasteiger partial charge in [0.2, 0.25) is 5.91 Å². The molecule has 0 spiro atoms. The quantitative estimate of drug-likeness (QED) is 0.651. The molecule has 0 aliphatic heterocycles. The van der Waals surface area contributed by atoms with Crippen LogP contribution in [0.15, 0.2) is 53.1 Å². The van der Waals surface area contributed by atoms with E-state index < -0.39 is 0 Å². The molecule has 3 nitrogen and oxygen atoms in total. The number of nitrogens with zero attached hydrogens (tertiary/aromatic N) is 1. The molecular weight excluding hydrogens is 310 g/mol. The highest BCUT2D eigenvalue weighted by Crippen LogP contribution is 2.26. The van der Waals surface area contributed by atoms with Gasteiger partial charge in [0, 0.05) is 13.0 Å². The predicted molar refractivity (Wildman–Crippen MR) is 102 cm³/mol. The summed E-state index contributed by atoms with van der Waals surface area (Å²) >= 11 is 0. The van der Waals surface area contributed by atoms with Crippen molar-refractivity contribution >= 4 is 5.91 Å². The van der Waals surface area contributed by atoms with Gasteiger partial charge in [0.25, 0.3) is 0 Å². The van der Waals surface area contributed by atoms with Crippen LogP contribution in [-0.4, -0.2) is 17.4 Å². The fraction of sp³-hybridized carbons (Fsp3) is 0.500. The Bertz CT molecular complexity index is 626. The molecule has 0 N–H and O–H groups in total. The van der Waals surface area contributed by atoms with Gasteiger partial charge < -0.3 is 9.32 Å². The summed E-state index contributed by atoms with van der Waals surface area (Å²) in [6, 6.07) is 14.1. The summed E-state index contributed by atoms with van der Waals surface area (Å²) in [6.07, 6.45) is 4.16. The first-order chi connectivity index (χ1) is 11.8. The highest BCUT2D eigenvalue weighted by molar-refractivity contribution is 5.76. The smallest absolute Gasteiger partial charge is 0.223 e. The Kier molecular flexibility index (Phi) is 6.86. The van der Waals surface area contributed by atoms with Gasteiger partial charge in [-0.2, -0.15) is 0 Å². The van der Waals surface area contributed by atoms with Crippen molar-refractivity contribution in [1.29, 1.82) is 0 Å². The van der Waals surface area contributed by atoms with E-state index in [1.165, 1.54) is 5.56 Å². The van der Waals surface area contributed by atoms with Crippen LogP contribution in [0.3, 0.4) is 0 Å². The van der Waals surface area contributed by atoms with Crippen molar-refractivity contribution in [2.75, 3.05) is 6.54 Å². The summed E-state index contributed by atoms with van der Waals surface area (Å²) in [4.78, 5) is 14.8. The number of rotatable bonds is 8. The molecule has 1 heterocycles. The molecule has 0 radical (unpaired) electrons. The Morgan fingerprint density at radius 3 is 2.44 bits per heavy atom. The number of carbonyl (C=O) groups is 1. The predicted octanol–water partition coefficient (Wildman–Crippen LogP) is 5.31. The average molecular weight is 341 g/mol. The molecule has 136 valence electrons. The molecule has 25 heavy (non-hydrogen) atoms. The molecule has 2 rings (SSSR count). The van der Waals surface area contributed by atoms with E-state index in [9.17, 15) is 4.79 Å². The van der Waals surface area contributed by atoms with E-state index in [4.69, 9.17) is 4.42 Å². The van der Waals surface area contributed by atoms with Gasteiger partial charge >= 0.3 is 0 Å². The van der Waals surface area contributed by atoms with Gasteiger partial charge in [0.15, 0.2) is 0 Å². The largest absolute Gasteiger partial charge is 0.467 e. The van der Waals surface area contributed by atoms with E-state index in [-0.39, 0.29) is 11.3 Å². The van der Waals surface area contributed by atoms with Gasteiger partial charge in [0.05, 0.1) is 12.8 Å². The van der Waals surface area contributed by atoms with Gasteiger partial charge in [-0.15, -0.1) is 0 Å². The minimum absolute atomic E-state index is 0.212. The van der Waals surface area contributed by atoms with E-state index in [1.807, 2.05) is 35.2 Å². The maximum absolute atomic E-state index is 12.9. The van der Waals surface area contributed by atoms with Crippen LogP contribution in [0.5, 0.6) is 0 Å². The third-order valence-electron chi connectivity index (χ3n) is 4.28. The van der Waals surface area contributed by atoms with Gasteiger partial charge in [0.1, 0.15) is 5.76 Å². The molecule has 0 aliphatic carbocycles. The third kappa shape index (κ3) is 7.16. The Balaban J connectivity index is 1.98. The van der Waals surface area contributed by atoms with Crippen LogP contribution < -0.4 is 0 Å². The van der Waals surface area contributed by atoms with Gasteiger partial charge in [-0.25, -0.2) is 0 Å². The van der Waals surface area contributed by atoms with Crippen LogP contribution in [0.4, 0.5) is 0 Å². The molecular formula is C22H31NO2. The lowest BCUT2D eigenvalue weighted by Crippen LogP contribution is -2.33. The fourth-order valence-corrected chi connectivity index (χ4v) is 3.34. The van der Waals surface area contributed by atoms with Crippen LogP contribution in [0.1, 0.15) is 51.9 Å². The van der Waals surface area contributed by atoms with Crippen molar-refractivity contribution in [1.82, 2.24) is 4.90 Å². The van der Waals surface area contributed by atoms with Gasteiger partial charge in [-0.3, -0.25) is 4.79 Å². The van der Waals surface area contributed by atoms with Crippen molar-refractivity contribution in [2.24, 2.45) is 11.3 Å². The van der Waals surface area contributed by atoms with Crippen LogP contribution in [-0.2, 0) is 17.8 Å². The number of amides is 1. The number of hydrogen-bond acceptors (Lipinski definition) is 2. The Morgan fingerprint density at radius 2 is 1.84 bits per heavy atom. The number of benzene rings is 1. The first-order valence-corrected chi connectivity index (χ1v) is 9.17. The maximum Gasteiger partial charge on any atom is 0.223 e. The number of hydrogen-bond donors (Lipinski definition) is 0. The van der Waals surface area contributed by atoms with E-state index in [0.29, 0.717) is 25.4 Å². The lowest BCUT2D eigenvalue weighted by Gasteiger charge is -2.26. The van der Waals surface area contributed by atoms with E-state index in [2.05, 4.69) is 39.8 Å². The monoisotopic (exact) mass is 341 g/mol. The molecule has 0 saturated carbocycles. The number of furan rings is 1. The summed E-state index contributed by atoms with van der Waals surface area (Å²) in [5.74, 6) is 1.43. The molecule has 2 aromatic rings. The zero-order valence-electron chi connectivity index (χ0n) is 16.0. The summed E-state index contributed by atoms with van der Waals surface area (Å²) in [5, 5.41) is 0. The number of carbonyl (C=O) groups excluding carboxylic acids is 1. The van der Waals surface area contributed by atoms with Crippen molar-refractivity contribution in [3.05, 3.63) is 60.1 Å². The minimum Gasteiger partial charge on any atom is -0.467 e. The van der Waals surface area contributed by atoms with Gasteiger partial charge in [-0.1, -0.05) is 58.0 Å². The molecule has 1 amide bonds. The van der Waals surface area contributed by atoms with Crippen LogP contribution in [0.25, 0.3) is 0 Å². The SMILES string of the molecule is CC(CC(=O)N(CCc1ccccc1)Cc1ccco1)CC(C)(C)C. The molecule has 1 unspecified atom stereocenters. The summed E-state index contributed by atoms with van der Waals surface area (Å²) in [7, 11) is 0. The molecule has 0 aliphatic rings. The normalized spacial score (nSPS) is 12.8. The molecule has 1 aromatic heterocycles. The highest BCUT2D eigenvalue weighted by atomic mass is 16.3. The zero-order chi connectivity index (χ0) is 18.3. The second kappa shape index (κ2) is 8.89. The Morgan fingerprint density at radius 1 is 1.12 bits per heavy atom. The van der Waals surface area contributed by atoms with Crippen molar-refractivity contribution in [3.63, 3.8) is 0 Å². The van der Waals surface area contributed by atoms with Crippen molar-refractivity contribution < 1.29 is 9.21 Å². The lowest BCUT2D eigenvalue weighted by atomic mass is 9.84. The maximum atomic E-state index is 12.9. The molecule has 3 heteroatoms. The van der Waals surface area contributed by atoms with Gasteiger partial charge in [-0.05, 0) is 41.9 Å². The highest BCUT2D eigenvalue weighted by Gasteiger charge is 2.21. The minimum atomic E-state index is 0.212. The van der Waals surface area contributed by atoms with Crippen LogP contribution in [0.2, 0.25) is 0 Å². The Labute approximate surface area is 152 Å². The van der Waals surface area contributed by atoms with E-state index in [1.54, 1.807) is 6.26 Å². The second-order valence-corrected chi connectivity index (χ2v) is 8.20. The summed E-state index contributed by atoms with van der Waals surface area (Å²) < 4.78 is 5.46. The first kappa shape index (κ1) is 19.3. The lowest BCUT2D eigenvalue weighted by molar-refractivity contribution is -0.133. The first-order valence-electron chi connectivity index (χ1n) is 9.17. The van der Waals surface area contributed by atoms with Crippen LogP contribution >= 0.6 is 0 Å².